The number of carbonyl (C=O) groups is 2. The van der Waals surface area contributed by atoms with Crippen LogP contribution in [0, 0.1) is 0 Å². The van der Waals surface area contributed by atoms with Crippen molar-refractivity contribution in [2.75, 3.05) is 19.8 Å². The smallest absolute Gasteiger partial charge is 0.306 e. The Balaban J connectivity index is 2.54. The molecule has 0 amide bonds. The maximum absolute atomic E-state index is 12.2. The first-order valence-corrected chi connectivity index (χ1v) is 11.1. The van der Waals surface area contributed by atoms with Crippen molar-refractivity contribution in [1.29, 1.82) is 0 Å². The third-order valence-electron chi connectivity index (χ3n) is 5.05. The fourth-order valence-corrected chi connectivity index (χ4v) is 3.11. The van der Waals surface area contributed by atoms with E-state index < -0.39 is 55.4 Å². The Labute approximate surface area is 183 Å². The van der Waals surface area contributed by atoms with E-state index >= 15 is 0 Å². The van der Waals surface area contributed by atoms with Crippen molar-refractivity contribution >= 4 is 11.9 Å². The number of rotatable bonds is 15. The molecule has 182 valence electrons. The second-order valence-corrected chi connectivity index (χ2v) is 7.70. The number of carbonyl (C=O) groups excluding carboxylic acids is 2. The van der Waals surface area contributed by atoms with Crippen molar-refractivity contribution in [1.82, 2.24) is 0 Å². The van der Waals surface area contributed by atoms with E-state index in [2.05, 4.69) is 6.92 Å². The summed E-state index contributed by atoms with van der Waals surface area (Å²) in [6, 6.07) is 0. The first-order valence-electron chi connectivity index (χ1n) is 11.1. The second-order valence-electron chi connectivity index (χ2n) is 7.70. The van der Waals surface area contributed by atoms with E-state index in [0.717, 1.165) is 25.7 Å². The van der Waals surface area contributed by atoms with Gasteiger partial charge in [0.1, 0.15) is 31.0 Å². The minimum atomic E-state index is -1.58. The summed E-state index contributed by atoms with van der Waals surface area (Å²) in [5.74, 6) is -0.921. The summed E-state index contributed by atoms with van der Waals surface area (Å²) in [5, 5.41) is 38.9. The standard InChI is InChI=1S/C21H38O10/c1-3-5-6-7-8-9-10-17(24)30-14(12-28-16(23)4-2)13-29-21-20(27)19(26)18(25)15(11-22)31-21/h14-15,18-22,25-27H,3-13H2,1-2H3. The van der Waals surface area contributed by atoms with E-state index in [1.54, 1.807) is 6.92 Å². The molecule has 1 aliphatic rings. The van der Waals surface area contributed by atoms with Gasteiger partial charge in [-0.1, -0.05) is 46.0 Å². The van der Waals surface area contributed by atoms with Crippen molar-refractivity contribution in [2.24, 2.45) is 0 Å². The molecule has 1 saturated heterocycles. The Bertz CT molecular complexity index is 512. The van der Waals surface area contributed by atoms with E-state index in [1.165, 1.54) is 6.42 Å². The minimum Gasteiger partial charge on any atom is -0.462 e. The topological polar surface area (TPSA) is 152 Å². The molecule has 0 spiro atoms. The third-order valence-corrected chi connectivity index (χ3v) is 5.05. The van der Waals surface area contributed by atoms with Gasteiger partial charge in [-0.05, 0) is 6.42 Å². The zero-order valence-corrected chi connectivity index (χ0v) is 18.5. The predicted molar refractivity (Wildman–Crippen MR) is 109 cm³/mol. The number of hydrogen-bond donors (Lipinski definition) is 4. The lowest BCUT2D eigenvalue weighted by Crippen LogP contribution is -2.59. The van der Waals surface area contributed by atoms with Crippen LogP contribution in [0.25, 0.3) is 0 Å². The first kappa shape index (κ1) is 27.7. The summed E-state index contributed by atoms with van der Waals surface area (Å²) in [7, 11) is 0. The van der Waals surface area contributed by atoms with E-state index in [0.29, 0.717) is 6.42 Å². The van der Waals surface area contributed by atoms with Crippen LogP contribution in [0.4, 0.5) is 0 Å². The Morgan fingerprint density at radius 2 is 1.58 bits per heavy atom. The molecule has 0 bridgehead atoms. The molecule has 0 aromatic carbocycles. The highest BCUT2D eigenvalue weighted by Crippen LogP contribution is 2.22. The summed E-state index contributed by atoms with van der Waals surface area (Å²) in [5.41, 5.74) is 0. The van der Waals surface area contributed by atoms with E-state index in [1.807, 2.05) is 0 Å². The highest BCUT2D eigenvalue weighted by atomic mass is 16.7. The Kier molecular flexibility index (Phi) is 13.9. The van der Waals surface area contributed by atoms with Crippen molar-refractivity contribution in [2.45, 2.75) is 102 Å². The summed E-state index contributed by atoms with van der Waals surface area (Å²) >= 11 is 0. The zero-order valence-electron chi connectivity index (χ0n) is 18.5. The molecule has 31 heavy (non-hydrogen) atoms. The van der Waals surface area contributed by atoms with Gasteiger partial charge in [0.2, 0.25) is 0 Å². The summed E-state index contributed by atoms with van der Waals surface area (Å²) in [4.78, 5) is 23.6. The largest absolute Gasteiger partial charge is 0.462 e. The van der Waals surface area contributed by atoms with Gasteiger partial charge in [-0.3, -0.25) is 9.59 Å². The number of ether oxygens (including phenoxy) is 4. The van der Waals surface area contributed by atoms with Crippen LogP contribution in [0.1, 0.15) is 65.2 Å². The normalized spacial score (nSPS) is 27.0. The van der Waals surface area contributed by atoms with Crippen molar-refractivity contribution in [3.05, 3.63) is 0 Å². The van der Waals surface area contributed by atoms with Crippen LogP contribution in [0.15, 0.2) is 0 Å². The fourth-order valence-electron chi connectivity index (χ4n) is 3.11. The van der Waals surface area contributed by atoms with Crippen molar-refractivity contribution < 1.29 is 49.0 Å². The highest BCUT2D eigenvalue weighted by Gasteiger charge is 2.44. The van der Waals surface area contributed by atoms with E-state index in [-0.39, 0.29) is 26.1 Å². The zero-order chi connectivity index (χ0) is 23.2. The average molecular weight is 451 g/mol. The van der Waals surface area contributed by atoms with E-state index in [9.17, 15) is 30.0 Å². The average Bonchev–Trinajstić information content (AvgIpc) is 2.77. The molecule has 6 atom stereocenters. The highest BCUT2D eigenvalue weighted by molar-refractivity contribution is 5.70. The second kappa shape index (κ2) is 15.5. The summed E-state index contributed by atoms with van der Waals surface area (Å²) < 4.78 is 21.1. The molecular formula is C21H38O10. The van der Waals surface area contributed by atoms with Gasteiger partial charge in [0, 0.05) is 12.8 Å². The molecule has 1 aliphatic heterocycles. The van der Waals surface area contributed by atoms with Crippen LogP contribution in [-0.4, -0.2) is 89.0 Å². The number of esters is 2. The Hall–Kier alpha value is -1.30. The minimum absolute atomic E-state index is 0.159. The SMILES string of the molecule is CCCCCCCCC(=O)OC(COC(=O)CC)COC1OC(CO)C(O)C(O)C1O. The number of hydrogen-bond acceptors (Lipinski definition) is 10. The molecule has 10 heteroatoms. The summed E-state index contributed by atoms with van der Waals surface area (Å²) in [6.07, 6.45) is -1.57. The van der Waals surface area contributed by atoms with Crippen LogP contribution in [0.3, 0.4) is 0 Å². The lowest BCUT2D eigenvalue weighted by atomic mass is 9.99. The fraction of sp³-hybridized carbons (Fsp3) is 0.905. The molecule has 0 radical (unpaired) electrons. The molecule has 4 N–H and O–H groups in total. The van der Waals surface area contributed by atoms with Crippen molar-refractivity contribution in [3.63, 3.8) is 0 Å². The monoisotopic (exact) mass is 450 g/mol. The number of aliphatic hydroxyl groups is 4. The van der Waals surface area contributed by atoms with Gasteiger partial charge in [0.05, 0.1) is 13.2 Å². The molecule has 0 aromatic heterocycles. The van der Waals surface area contributed by atoms with Gasteiger partial charge in [0.25, 0.3) is 0 Å². The molecule has 1 fully saturated rings. The lowest BCUT2D eigenvalue weighted by Gasteiger charge is -2.39. The molecule has 6 unspecified atom stereocenters. The molecule has 1 heterocycles. The van der Waals surface area contributed by atoms with Gasteiger partial charge < -0.3 is 39.4 Å². The maximum atomic E-state index is 12.2. The Morgan fingerprint density at radius 1 is 0.903 bits per heavy atom. The van der Waals surface area contributed by atoms with Crippen LogP contribution in [-0.2, 0) is 28.5 Å². The molecular weight excluding hydrogens is 412 g/mol. The first-order chi connectivity index (χ1) is 14.8. The molecule has 0 saturated carbocycles. The van der Waals surface area contributed by atoms with Gasteiger partial charge in [-0.25, -0.2) is 0 Å². The van der Waals surface area contributed by atoms with Gasteiger partial charge >= 0.3 is 11.9 Å². The summed E-state index contributed by atoms with van der Waals surface area (Å²) in [6.45, 7) is 2.67. The quantitative estimate of drug-likeness (QED) is 0.204. The van der Waals surface area contributed by atoms with Crippen LogP contribution >= 0.6 is 0 Å². The molecule has 0 aromatic rings. The predicted octanol–water partition coefficient (Wildman–Crippen LogP) is 0.419. The van der Waals surface area contributed by atoms with Crippen molar-refractivity contribution in [3.8, 4) is 0 Å². The molecule has 10 nitrogen and oxygen atoms in total. The number of aliphatic hydroxyl groups excluding tert-OH is 4. The van der Waals surface area contributed by atoms with Gasteiger partial charge in [0.15, 0.2) is 12.4 Å². The Morgan fingerprint density at radius 3 is 2.23 bits per heavy atom. The van der Waals surface area contributed by atoms with Gasteiger partial charge in [-0.15, -0.1) is 0 Å². The van der Waals surface area contributed by atoms with Crippen LogP contribution in [0.2, 0.25) is 0 Å². The maximum Gasteiger partial charge on any atom is 0.306 e. The molecule has 1 rings (SSSR count). The van der Waals surface area contributed by atoms with E-state index in [4.69, 9.17) is 18.9 Å². The number of unbranched alkanes of at least 4 members (excludes halogenated alkanes) is 5. The third kappa shape index (κ3) is 10.2. The lowest BCUT2D eigenvalue weighted by molar-refractivity contribution is -0.305. The van der Waals surface area contributed by atoms with Crippen LogP contribution < -0.4 is 0 Å². The molecule has 0 aliphatic carbocycles. The van der Waals surface area contributed by atoms with Crippen LogP contribution in [0.5, 0.6) is 0 Å². The van der Waals surface area contributed by atoms with Gasteiger partial charge in [-0.2, -0.15) is 0 Å².